The summed E-state index contributed by atoms with van der Waals surface area (Å²) >= 11 is 1.81. The van der Waals surface area contributed by atoms with E-state index in [1.807, 2.05) is 22.6 Å². The second-order valence-corrected chi connectivity index (χ2v) is 6.87. The minimum Gasteiger partial charge on any atom is -0.464 e. The molecule has 1 aromatic rings. The van der Waals surface area contributed by atoms with Crippen molar-refractivity contribution in [2.75, 3.05) is 7.11 Å². The van der Waals surface area contributed by atoms with E-state index < -0.39 is 29.7 Å². The average molecular weight is 432 g/mol. The van der Waals surface area contributed by atoms with Gasteiger partial charge in [0.2, 0.25) is 0 Å². The fraction of sp³-hybridized carbons (Fsp3) is 0.692. The molecule has 2 fully saturated rings. The molecule has 1 unspecified atom stereocenters. The fourth-order valence-electron chi connectivity index (χ4n) is 2.57. The topological polar surface area (TPSA) is 44.1 Å². The molecule has 0 bridgehead atoms. The number of halogens is 5. The summed E-state index contributed by atoms with van der Waals surface area (Å²) in [5, 5.41) is 4.08. The van der Waals surface area contributed by atoms with E-state index in [9.17, 15) is 22.4 Å². The van der Waals surface area contributed by atoms with Crippen LogP contribution in [0.2, 0.25) is 0 Å². The molecule has 0 aromatic carbocycles. The van der Waals surface area contributed by atoms with Crippen molar-refractivity contribution in [2.24, 2.45) is 11.8 Å². The van der Waals surface area contributed by atoms with E-state index in [0.717, 1.165) is 0 Å². The third-order valence-corrected chi connectivity index (χ3v) is 5.16. The van der Waals surface area contributed by atoms with Crippen LogP contribution in [0.25, 0.3) is 0 Å². The summed E-state index contributed by atoms with van der Waals surface area (Å²) in [6.07, 6.45) is -3.60. The van der Waals surface area contributed by atoms with Gasteiger partial charge in [-0.2, -0.15) is 18.3 Å². The number of hydrogen-bond donors (Lipinski definition) is 0. The van der Waals surface area contributed by atoms with Crippen LogP contribution in [0, 0.1) is 15.4 Å². The lowest BCUT2D eigenvalue weighted by molar-refractivity contribution is -0.151. The quantitative estimate of drug-likeness (QED) is 0.416. The van der Waals surface area contributed by atoms with E-state index >= 15 is 0 Å². The van der Waals surface area contributed by atoms with E-state index in [2.05, 4.69) is 9.84 Å². The Bertz CT molecular complexity index is 624. The zero-order valence-corrected chi connectivity index (χ0v) is 13.7. The van der Waals surface area contributed by atoms with Gasteiger partial charge >= 0.3 is 12.1 Å². The number of hydrogen-bond acceptors (Lipinski definition) is 3. The second kappa shape index (κ2) is 5.07. The molecule has 0 spiro atoms. The van der Waals surface area contributed by atoms with Crippen LogP contribution >= 0.6 is 22.6 Å². The molecule has 9 heteroatoms. The van der Waals surface area contributed by atoms with Gasteiger partial charge in [0, 0.05) is 6.54 Å². The predicted octanol–water partition coefficient (Wildman–Crippen LogP) is 3.43. The Hall–Kier alpha value is -0.870. The zero-order valence-electron chi connectivity index (χ0n) is 11.6. The molecule has 2 saturated carbocycles. The number of rotatable bonds is 4. The minimum absolute atomic E-state index is 0.0106. The van der Waals surface area contributed by atoms with E-state index in [1.54, 1.807) is 0 Å². The van der Waals surface area contributed by atoms with Crippen molar-refractivity contribution in [2.45, 2.75) is 37.7 Å². The molecule has 0 saturated heterocycles. The second-order valence-electron chi connectivity index (χ2n) is 5.79. The fourth-order valence-corrected chi connectivity index (χ4v) is 3.66. The molecule has 0 aliphatic heterocycles. The standard InChI is InChI=1S/C13H13F4IN2O2/c1-22-11(21)9-8(18)10(12(14)2-3-12)19-20(9)5-6-4-7(6)13(15,16)17/h6-7H,2-5H2,1H3/t6?,7-/m0/s1. The molecule has 0 N–H and O–H groups in total. The number of esters is 1. The molecule has 122 valence electrons. The maximum atomic E-state index is 14.3. The summed E-state index contributed by atoms with van der Waals surface area (Å²) in [5.74, 6) is -2.71. The molecule has 4 nitrogen and oxygen atoms in total. The normalized spacial score (nSPS) is 25.9. The van der Waals surface area contributed by atoms with E-state index in [0.29, 0.717) is 16.4 Å². The number of alkyl halides is 4. The van der Waals surface area contributed by atoms with Gasteiger partial charge in [-0.1, -0.05) is 0 Å². The van der Waals surface area contributed by atoms with Gasteiger partial charge in [-0.25, -0.2) is 9.18 Å². The number of aromatic nitrogens is 2. The lowest BCUT2D eigenvalue weighted by Crippen LogP contribution is -2.17. The predicted molar refractivity (Wildman–Crippen MR) is 76.0 cm³/mol. The van der Waals surface area contributed by atoms with Crippen molar-refractivity contribution >= 4 is 28.6 Å². The van der Waals surface area contributed by atoms with Gasteiger partial charge in [-0.3, -0.25) is 4.68 Å². The van der Waals surface area contributed by atoms with Crippen molar-refractivity contribution in [3.8, 4) is 0 Å². The van der Waals surface area contributed by atoms with Crippen molar-refractivity contribution in [1.29, 1.82) is 0 Å². The van der Waals surface area contributed by atoms with Crippen molar-refractivity contribution < 1.29 is 27.1 Å². The summed E-state index contributed by atoms with van der Waals surface area (Å²) in [6.45, 7) is -0.0549. The molecule has 3 rings (SSSR count). The summed E-state index contributed by atoms with van der Waals surface area (Å²) in [5.41, 5.74) is -1.38. The van der Waals surface area contributed by atoms with Crippen LogP contribution in [0.3, 0.4) is 0 Å². The molecule has 2 aliphatic rings. The first-order valence-electron chi connectivity index (χ1n) is 6.78. The van der Waals surface area contributed by atoms with Crippen molar-refractivity contribution in [1.82, 2.24) is 9.78 Å². The number of methoxy groups -OCH3 is 1. The molecule has 22 heavy (non-hydrogen) atoms. The summed E-state index contributed by atoms with van der Waals surface area (Å²) in [4.78, 5) is 11.9. The molecule has 0 amide bonds. The Balaban J connectivity index is 1.89. The van der Waals surface area contributed by atoms with Gasteiger partial charge in [0.1, 0.15) is 5.69 Å². The largest absolute Gasteiger partial charge is 0.464 e. The molecule has 0 radical (unpaired) electrons. The van der Waals surface area contributed by atoms with E-state index in [4.69, 9.17) is 0 Å². The molecule has 1 aromatic heterocycles. The Morgan fingerprint density at radius 2 is 2.14 bits per heavy atom. The highest BCUT2D eigenvalue weighted by Gasteiger charge is 2.56. The third-order valence-electron chi connectivity index (χ3n) is 4.14. The van der Waals surface area contributed by atoms with Gasteiger partial charge in [-0.15, -0.1) is 0 Å². The number of ether oxygens (including phenoxy) is 1. The van der Waals surface area contributed by atoms with Crippen LogP contribution in [0.5, 0.6) is 0 Å². The molecule has 2 atom stereocenters. The molecular weight excluding hydrogens is 419 g/mol. The van der Waals surface area contributed by atoms with E-state index in [-0.39, 0.29) is 24.4 Å². The first-order valence-corrected chi connectivity index (χ1v) is 7.86. The van der Waals surface area contributed by atoms with Crippen LogP contribution in [0.4, 0.5) is 17.6 Å². The number of carbonyl (C=O) groups excluding carboxylic acids is 1. The minimum atomic E-state index is -4.24. The maximum Gasteiger partial charge on any atom is 0.392 e. The summed E-state index contributed by atoms with van der Waals surface area (Å²) in [6, 6.07) is 0. The SMILES string of the molecule is COC(=O)c1c(I)c(C2(F)CC2)nn1CC1C[C@@H]1C(F)(F)F. The van der Waals surface area contributed by atoms with Crippen molar-refractivity contribution in [3.63, 3.8) is 0 Å². The first-order chi connectivity index (χ1) is 10.2. The summed E-state index contributed by atoms with van der Waals surface area (Å²) < 4.78 is 58.3. The van der Waals surface area contributed by atoms with Crippen LogP contribution in [0.15, 0.2) is 0 Å². The van der Waals surface area contributed by atoms with Gasteiger partial charge in [0.15, 0.2) is 11.4 Å². The highest BCUT2D eigenvalue weighted by atomic mass is 127. The van der Waals surface area contributed by atoms with Gasteiger partial charge in [0.05, 0.1) is 16.6 Å². The lowest BCUT2D eigenvalue weighted by Gasteiger charge is -2.07. The Labute approximate surface area is 137 Å². The first kappa shape index (κ1) is 16.0. The molecule has 1 heterocycles. The number of carbonyl (C=O) groups is 1. The average Bonchev–Trinajstić information content (AvgIpc) is 3.31. The highest BCUT2D eigenvalue weighted by Crippen LogP contribution is 2.53. The van der Waals surface area contributed by atoms with Gasteiger partial charge in [0.25, 0.3) is 0 Å². The molecular formula is C13H13F4IN2O2. The maximum absolute atomic E-state index is 14.3. The Kier molecular flexibility index (Phi) is 3.69. The van der Waals surface area contributed by atoms with Crippen LogP contribution < -0.4 is 0 Å². The zero-order chi connectivity index (χ0) is 16.3. The Morgan fingerprint density at radius 1 is 1.50 bits per heavy atom. The van der Waals surface area contributed by atoms with Crippen LogP contribution in [0.1, 0.15) is 35.4 Å². The van der Waals surface area contributed by atoms with Gasteiger partial charge in [-0.05, 0) is 47.8 Å². The monoisotopic (exact) mass is 432 g/mol. The van der Waals surface area contributed by atoms with Gasteiger partial charge < -0.3 is 4.74 Å². The van der Waals surface area contributed by atoms with Crippen LogP contribution in [-0.4, -0.2) is 29.0 Å². The highest BCUT2D eigenvalue weighted by molar-refractivity contribution is 14.1. The number of nitrogens with zero attached hydrogens (tertiary/aromatic N) is 2. The van der Waals surface area contributed by atoms with Crippen molar-refractivity contribution in [3.05, 3.63) is 15.0 Å². The third kappa shape index (κ3) is 2.71. The smallest absolute Gasteiger partial charge is 0.392 e. The van der Waals surface area contributed by atoms with Crippen LogP contribution in [-0.2, 0) is 17.0 Å². The van der Waals surface area contributed by atoms with E-state index in [1.165, 1.54) is 11.8 Å². The molecule has 2 aliphatic carbocycles. The Morgan fingerprint density at radius 3 is 2.59 bits per heavy atom. The lowest BCUT2D eigenvalue weighted by atomic mass is 10.2. The summed E-state index contributed by atoms with van der Waals surface area (Å²) in [7, 11) is 1.17.